The predicted molar refractivity (Wildman–Crippen MR) is 176 cm³/mol. The van der Waals surface area contributed by atoms with E-state index >= 15 is 0 Å². The van der Waals surface area contributed by atoms with Gasteiger partial charge in [0.15, 0.2) is 0 Å². The first-order chi connectivity index (χ1) is 21.3. The van der Waals surface area contributed by atoms with Crippen LogP contribution in [0.3, 0.4) is 0 Å². The lowest BCUT2D eigenvalue weighted by molar-refractivity contribution is 0.242. The van der Waals surface area contributed by atoms with Crippen LogP contribution in [0.15, 0.2) is 97.3 Å². The number of hydrogen-bond acceptors (Lipinski definition) is 7. The standard InChI is InChI=1S/C36H47N7/c1-2-15-36(33(11-1)28-43(29-34-13-3-5-19-40-34)30-35-14-4-6-20-41-35)32-12-7-10-31(26-32)27-42-24-9-18-38-22-21-37-16-8-17-39-23-25-42/h1-7,10-15,19-20,26,37-39H,8-9,16-18,21-25,27-30H2. The number of pyridine rings is 2. The van der Waals surface area contributed by atoms with Crippen molar-refractivity contribution < 1.29 is 0 Å². The van der Waals surface area contributed by atoms with Gasteiger partial charge in [0.25, 0.3) is 0 Å². The molecule has 3 heterocycles. The maximum atomic E-state index is 4.61. The van der Waals surface area contributed by atoms with Gasteiger partial charge >= 0.3 is 0 Å². The Hall–Kier alpha value is -3.46. The van der Waals surface area contributed by atoms with Gasteiger partial charge < -0.3 is 16.0 Å². The average molecular weight is 578 g/mol. The highest BCUT2D eigenvalue weighted by molar-refractivity contribution is 5.68. The van der Waals surface area contributed by atoms with Crippen molar-refractivity contribution in [3.05, 3.63) is 120 Å². The van der Waals surface area contributed by atoms with Crippen LogP contribution in [0.1, 0.15) is 35.4 Å². The van der Waals surface area contributed by atoms with Gasteiger partial charge in [0.05, 0.1) is 11.4 Å². The zero-order chi connectivity index (χ0) is 29.4. The first-order valence-electron chi connectivity index (χ1n) is 15.9. The zero-order valence-corrected chi connectivity index (χ0v) is 25.4. The van der Waals surface area contributed by atoms with Gasteiger partial charge in [-0.1, -0.05) is 54.6 Å². The largest absolute Gasteiger partial charge is 0.315 e. The molecule has 0 radical (unpaired) electrons. The third kappa shape index (κ3) is 10.6. The smallest absolute Gasteiger partial charge is 0.0544 e. The Morgan fingerprint density at radius 2 is 1.28 bits per heavy atom. The molecule has 2 aromatic heterocycles. The molecule has 0 aliphatic carbocycles. The summed E-state index contributed by atoms with van der Waals surface area (Å²) in [6.45, 7) is 11.8. The lowest BCUT2D eigenvalue weighted by Crippen LogP contribution is -2.36. The monoisotopic (exact) mass is 577 g/mol. The SMILES string of the molecule is c1ccc(CN(Cc2ccccn2)Cc2ccccc2-c2cccc(CN3CCCNCCNCCCNCC3)c2)nc1. The van der Waals surface area contributed by atoms with Crippen molar-refractivity contribution in [3.63, 3.8) is 0 Å². The summed E-state index contributed by atoms with van der Waals surface area (Å²) < 4.78 is 0. The molecular weight excluding hydrogens is 530 g/mol. The number of hydrogen-bond donors (Lipinski definition) is 3. The molecule has 1 saturated heterocycles. The van der Waals surface area contributed by atoms with E-state index in [2.05, 4.69) is 109 Å². The Morgan fingerprint density at radius 1 is 0.605 bits per heavy atom. The molecule has 226 valence electrons. The lowest BCUT2D eigenvalue weighted by Gasteiger charge is -2.24. The quantitative estimate of drug-likeness (QED) is 0.266. The van der Waals surface area contributed by atoms with E-state index in [0.29, 0.717) is 0 Å². The number of nitrogens with zero attached hydrogens (tertiary/aromatic N) is 4. The highest BCUT2D eigenvalue weighted by Gasteiger charge is 2.14. The molecule has 0 saturated carbocycles. The Kier molecular flexibility index (Phi) is 12.7. The minimum Gasteiger partial charge on any atom is -0.315 e. The summed E-state index contributed by atoms with van der Waals surface area (Å²) in [5.74, 6) is 0. The maximum absolute atomic E-state index is 4.61. The lowest BCUT2D eigenvalue weighted by atomic mass is 9.97. The van der Waals surface area contributed by atoms with Gasteiger partial charge in [-0.15, -0.1) is 0 Å². The minimum atomic E-state index is 0.764. The summed E-state index contributed by atoms with van der Waals surface area (Å²) in [5, 5.41) is 10.7. The molecule has 5 rings (SSSR count). The predicted octanol–water partition coefficient (Wildman–Crippen LogP) is 4.71. The third-order valence-corrected chi connectivity index (χ3v) is 7.90. The van der Waals surface area contributed by atoms with Gasteiger partial charge in [-0.05, 0) is 91.6 Å². The fourth-order valence-corrected chi connectivity index (χ4v) is 5.71. The molecule has 0 atom stereocenters. The summed E-state index contributed by atoms with van der Waals surface area (Å²) in [7, 11) is 0. The van der Waals surface area contributed by atoms with Crippen LogP contribution in [0.25, 0.3) is 11.1 Å². The molecule has 7 nitrogen and oxygen atoms in total. The second kappa shape index (κ2) is 17.6. The van der Waals surface area contributed by atoms with E-state index in [1.54, 1.807) is 0 Å². The Bertz CT molecular complexity index is 1280. The molecule has 2 aromatic carbocycles. The summed E-state index contributed by atoms with van der Waals surface area (Å²) in [5.41, 5.74) is 7.38. The molecule has 1 fully saturated rings. The zero-order valence-electron chi connectivity index (χ0n) is 25.4. The van der Waals surface area contributed by atoms with Crippen molar-refractivity contribution in [1.82, 2.24) is 35.7 Å². The van der Waals surface area contributed by atoms with E-state index in [0.717, 1.165) is 96.3 Å². The van der Waals surface area contributed by atoms with Gasteiger partial charge in [-0.25, -0.2) is 0 Å². The van der Waals surface area contributed by atoms with Gasteiger partial charge in [-0.3, -0.25) is 19.8 Å². The fourth-order valence-electron chi connectivity index (χ4n) is 5.71. The molecule has 4 aromatic rings. The van der Waals surface area contributed by atoms with Gasteiger partial charge in [0.2, 0.25) is 0 Å². The van der Waals surface area contributed by atoms with Crippen LogP contribution in [0.4, 0.5) is 0 Å². The fraction of sp³-hybridized carbons (Fsp3) is 0.389. The summed E-state index contributed by atoms with van der Waals surface area (Å²) in [4.78, 5) is 14.3. The normalized spacial score (nSPS) is 16.1. The van der Waals surface area contributed by atoms with Crippen molar-refractivity contribution in [2.75, 3.05) is 52.4 Å². The molecule has 0 unspecified atom stereocenters. The second-order valence-corrected chi connectivity index (χ2v) is 11.4. The molecule has 3 N–H and O–H groups in total. The van der Waals surface area contributed by atoms with Crippen LogP contribution < -0.4 is 16.0 Å². The second-order valence-electron chi connectivity index (χ2n) is 11.4. The summed E-state index contributed by atoms with van der Waals surface area (Å²) in [6.07, 6.45) is 6.07. The van der Waals surface area contributed by atoms with Crippen LogP contribution in [0, 0.1) is 0 Å². The summed E-state index contributed by atoms with van der Waals surface area (Å²) in [6, 6.07) is 30.3. The third-order valence-electron chi connectivity index (χ3n) is 7.90. The molecule has 0 spiro atoms. The van der Waals surface area contributed by atoms with Crippen LogP contribution in [-0.2, 0) is 26.2 Å². The average Bonchev–Trinajstić information content (AvgIpc) is 3.04. The number of aromatic nitrogens is 2. The van der Waals surface area contributed by atoms with E-state index in [4.69, 9.17) is 0 Å². The van der Waals surface area contributed by atoms with Crippen LogP contribution in [-0.4, -0.2) is 72.1 Å². The van der Waals surface area contributed by atoms with Crippen molar-refractivity contribution in [1.29, 1.82) is 0 Å². The van der Waals surface area contributed by atoms with E-state index in [-0.39, 0.29) is 0 Å². The molecule has 7 heteroatoms. The Morgan fingerprint density at radius 3 is 2.00 bits per heavy atom. The van der Waals surface area contributed by atoms with E-state index in [1.165, 1.54) is 28.7 Å². The molecule has 0 amide bonds. The molecule has 1 aliphatic heterocycles. The van der Waals surface area contributed by atoms with Crippen molar-refractivity contribution >= 4 is 0 Å². The number of benzene rings is 2. The minimum absolute atomic E-state index is 0.764. The van der Waals surface area contributed by atoms with Crippen molar-refractivity contribution in [3.8, 4) is 11.1 Å². The topological polar surface area (TPSA) is 68.4 Å². The Labute approximate surface area is 257 Å². The van der Waals surface area contributed by atoms with Crippen LogP contribution in [0.2, 0.25) is 0 Å². The summed E-state index contributed by atoms with van der Waals surface area (Å²) >= 11 is 0. The number of nitrogens with one attached hydrogen (secondary N) is 3. The van der Waals surface area contributed by atoms with E-state index in [9.17, 15) is 0 Å². The molecule has 43 heavy (non-hydrogen) atoms. The van der Waals surface area contributed by atoms with Gasteiger partial charge in [0.1, 0.15) is 0 Å². The highest BCUT2D eigenvalue weighted by atomic mass is 15.1. The first-order valence-corrected chi connectivity index (χ1v) is 15.9. The molecular formula is C36H47N7. The first kappa shape index (κ1) is 31.0. The van der Waals surface area contributed by atoms with Gasteiger partial charge in [-0.2, -0.15) is 0 Å². The number of rotatable bonds is 9. The van der Waals surface area contributed by atoms with E-state index < -0.39 is 0 Å². The molecule has 0 bridgehead atoms. The molecule has 1 aliphatic rings. The maximum Gasteiger partial charge on any atom is 0.0544 e. The Balaban J connectivity index is 1.30. The van der Waals surface area contributed by atoms with Crippen LogP contribution >= 0.6 is 0 Å². The highest BCUT2D eigenvalue weighted by Crippen LogP contribution is 2.27. The van der Waals surface area contributed by atoms with Gasteiger partial charge in [0, 0.05) is 64.8 Å². The van der Waals surface area contributed by atoms with Crippen LogP contribution in [0.5, 0.6) is 0 Å². The van der Waals surface area contributed by atoms with Crippen molar-refractivity contribution in [2.24, 2.45) is 0 Å². The van der Waals surface area contributed by atoms with Crippen molar-refractivity contribution in [2.45, 2.75) is 39.0 Å². The van der Waals surface area contributed by atoms with E-state index in [1.807, 2.05) is 24.5 Å².